The lowest BCUT2D eigenvalue weighted by Crippen LogP contribution is -2.59. The topological polar surface area (TPSA) is 65.0 Å². The van der Waals surface area contributed by atoms with Crippen LogP contribution in [0.25, 0.3) is 0 Å². The molecule has 1 aliphatic rings. The number of aliphatic imine (C=N–C) groups is 1. The van der Waals surface area contributed by atoms with Crippen LogP contribution < -0.4 is 5.32 Å². The first-order valence-electron chi connectivity index (χ1n) is 9.37. The van der Waals surface area contributed by atoms with E-state index in [4.69, 9.17) is 0 Å². The minimum absolute atomic E-state index is 0.272. The molecule has 0 aliphatic carbocycles. The Labute approximate surface area is 169 Å². The Morgan fingerprint density at radius 2 is 1.64 bits per heavy atom. The van der Waals surface area contributed by atoms with E-state index in [9.17, 15) is 8.42 Å². The zero-order chi connectivity index (χ0) is 21.1. The van der Waals surface area contributed by atoms with Crippen molar-refractivity contribution in [1.82, 2.24) is 15.1 Å². The summed E-state index contributed by atoms with van der Waals surface area (Å²) in [6.07, 6.45) is 1.94. The van der Waals surface area contributed by atoms with Crippen molar-refractivity contribution in [3.05, 3.63) is 52.7 Å². The van der Waals surface area contributed by atoms with Crippen LogP contribution in [0, 0.1) is 0 Å². The van der Waals surface area contributed by atoms with Crippen molar-refractivity contribution in [3.63, 3.8) is 0 Å². The molecule has 28 heavy (non-hydrogen) atoms. The third-order valence-corrected chi connectivity index (χ3v) is 7.07. The Hall–Kier alpha value is -1.96. The average molecular weight is 405 g/mol. The Balaban J connectivity index is 2.71. The van der Waals surface area contributed by atoms with Crippen LogP contribution in [0.3, 0.4) is 0 Å². The number of sulfone groups is 1. The van der Waals surface area contributed by atoms with Crippen molar-refractivity contribution < 1.29 is 8.42 Å². The molecule has 0 fully saturated rings. The Kier molecular flexibility index (Phi) is 6.85. The van der Waals surface area contributed by atoms with Crippen molar-refractivity contribution in [2.24, 2.45) is 4.99 Å². The molecule has 0 spiro atoms. The van der Waals surface area contributed by atoms with Gasteiger partial charge in [-0.25, -0.2) is 8.42 Å². The van der Waals surface area contributed by atoms with Crippen molar-refractivity contribution in [2.75, 3.05) is 34.2 Å². The van der Waals surface area contributed by atoms with E-state index in [1.54, 1.807) is 31.2 Å². The molecule has 1 heterocycles. The molecule has 0 bridgehead atoms. The Morgan fingerprint density at radius 1 is 1.04 bits per heavy atom. The Morgan fingerprint density at radius 3 is 2.21 bits per heavy atom. The van der Waals surface area contributed by atoms with Crippen LogP contribution in [0.5, 0.6) is 0 Å². The molecule has 0 saturated heterocycles. The minimum Gasteiger partial charge on any atom is -0.366 e. The van der Waals surface area contributed by atoms with E-state index in [0.717, 1.165) is 18.0 Å². The van der Waals surface area contributed by atoms with Crippen LogP contribution in [0.4, 0.5) is 0 Å². The SMILES string of the molecule is C/C1=C/C(C)=N\C(C)=C(/S(=O)(=O)c2ccccc2)C(C)(N(C)CCN(C)C)N1. The second-order valence-corrected chi connectivity index (χ2v) is 9.62. The monoisotopic (exact) mass is 404 g/mol. The van der Waals surface area contributed by atoms with Gasteiger partial charge in [0.1, 0.15) is 10.6 Å². The van der Waals surface area contributed by atoms with Crippen LogP contribution in [-0.4, -0.2) is 63.8 Å². The van der Waals surface area contributed by atoms with Gasteiger partial charge in [-0.1, -0.05) is 18.2 Å². The van der Waals surface area contributed by atoms with E-state index >= 15 is 0 Å². The molecular formula is C21H32N4O2S. The normalized spacial score (nSPS) is 27.5. The van der Waals surface area contributed by atoms with Crippen LogP contribution in [-0.2, 0) is 9.84 Å². The van der Waals surface area contributed by atoms with Gasteiger partial charge in [-0.3, -0.25) is 9.89 Å². The van der Waals surface area contributed by atoms with Gasteiger partial charge in [0.15, 0.2) is 0 Å². The van der Waals surface area contributed by atoms with E-state index in [1.165, 1.54) is 0 Å². The standard InChI is InChI=1S/C21H32N4O2S/c1-16-15-17(2)23-21(4,25(7)14-13-24(5)6)20(18(3)22-16)28(26,27)19-11-9-8-10-12-19/h8-12,15,23H,13-14H2,1-7H3/b17-15-,20-18-,22-16-. The fourth-order valence-electron chi connectivity index (χ4n) is 3.51. The van der Waals surface area contributed by atoms with Crippen LogP contribution >= 0.6 is 0 Å². The van der Waals surface area contributed by atoms with Gasteiger partial charge in [-0.15, -0.1) is 0 Å². The van der Waals surface area contributed by atoms with Gasteiger partial charge in [0.25, 0.3) is 0 Å². The lowest BCUT2D eigenvalue weighted by atomic mass is 10.1. The summed E-state index contributed by atoms with van der Waals surface area (Å²) in [7, 11) is 2.19. The van der Waals surface area contributed by atoms with Crippen molar-refractivity contribution >= 4 is 15.5 Å². The number of nitrogens with zero attached hydrogens (tertiary/aromatic N) is 3. The maximum Gasteiger partial charge on any atom is 0.208 e. The first kappa shape index (κ1) is 22.3. The van der Waals surface area contributed by atoms with Crippen molar-refractivity contribution in [2.45, 2.75) is 38.3 Å². The van der Waals surface area contributed by atoms with E-state index in [2.05, 4.69) is 15.2 Å². The molecule has 6 nitrogen and oxygen atoms in total. The number of benzene rings is 1. The first-order valence-corrected chi connectivity index (χ1v) is 10.9. The van der Waals surface area contributed by atoms with Gasteiger partial charge >= 0.3 is 0 Å². The first-order chi connectivity index (χ1) is 13.0. The quantitative estimate of drug-likeness (QED) is 0.790. The van der Waals surface area contributed by atoms with E-state index in [0.29, 0.717) is 12.2 Å². The molecule has 7 heteroatoms. The largest absolute Gasteiger partial charge is 0.366 e. The minimum atomic E-state index is -3.76. The lowest BCUT2D eigenvalue weighted by Gasteiger charge is -2.43. The summed E-state index contributed by atoms with van der Waals surface area (Å²) in [4.78, 5) is 9.27. The number of rotatable bonds is 6. The highest BCUT2D eigenvalue weighted by Gasteiger charge is 2.43. The van der Waals surface area contributed by atoms with Crippen LogP contribution in [0.2, 0.25) is 0 Å². The number of hydrogen-bond acceptors (Lipinski definition) is 6. The summed E-state index contributed by atoms with van der Waals surface area (Å²) in [6, 6.07) is 8.56. The van der Waals surface area contributed by atoms with Gasteiger partial charge in [0.05, 0.1) is 10.6 Å². The molecule has 1 aromatic rings. The van der Waals surface area contributed by atoms with Gasteiger partial charge in [0, 0.05) is 24.5 Å². The molecule has 2 rings (SSSR count). The molecule has 1 N–H and O–H groups in total. The van der Waals surface area contributed by atoms with Crippen LogP contribution in [0.1, 0.15) is 27.7 Å². The highest BCUT2D eigenvalue weighted by molar-refractivity contribution is 7.95. The number of nitrogens with one attached hydrogen (secondary N) is 1. The van der Waals surface area contributed by atoms with E-state index in [1.807, 2.05) is 59.0 Å². The van der Waals surface area contributed by atoms with Crippen LogP contribution in [0.15, 0.2) is 62.6 Å². The summed E-state index contributed by atoms with van der Waals surface area (Å²) >= 11 is 0. The molecule has 1 atom stereocenters. The van der Waals surface area contributed by atoms with E-state index in [-0.39, 0.29) is 9.80 Å². The third kappa shape index (κ3) is 4.71. The maximum atomic E-state index is 13.7. The number of allylic oxidation sites excluding steroid dienone is 3. The van der Waals surface area contributed by atoms with E-state index < -0.39 is 15.5 Å². The lowest BCUT2D eigenvalue weighted by molar-refractivity contribution is 0.140. The molecule has 1 aromatic carbocycles. The fourth-order valence-corrected chi connectivity index (χ4v) is 5.42. The molecule has 0 saturated carbocycles. The molecule has 154 valence electrons. The predicted molar refractivity (Wildman–Crippen MR) is 116 cm³/mol. The molecular weight excluding hydrogens is 372 g/mol. The smallest absolute Gasteiger partial charge is 0.208 e. The van der Waals surface area contributed by atoms with Crippen molar-refractivity contribution in [1.29, 1.82) is 0 Å². The maximum absolute atomic E-state index is 13.7. The highest BCUT2D eigenvalue weighted by atomic mass is 32.2. The van der Waals surface area contributed by atoms with Crippen molar-refractivity contribution in [3.8, 4) is 0 Å². The summed E-state index contributed by atoms with van der Waals surface area (Å²) in [5.74, 6) is 0. The predicted octanol–water partition coefficient (Wildman–Crippen LogP) is 2.87. The third-order valence-electron chi connectivity index (χ3n) is 4.95. The highest BCUT2D eigenvalue weighted by Crippen LogP contribution is 2.35. The zero-order valence-electron chi connectivity index (χ0n) is 17.9. The molecule has 1 unspecified atom stereocenters. The number of hydrogen-bond donors (Lipinski definition) is 1. The fraction of sp³-hybridized carbons (Fsp3) is 0.476. The summed E-state index contributed by atoms with van der Waals surface area (Å²) in [6.45, 7) is 8.98. The summed E-state index contributed by atoms with van der Waals surface area (Å²) < 4.78 is 27.4. The Bertz CT molecular complexity index is 902. The number of likely N-dealkylation sites (N-methyl/N-ethyl adjacent to an activating group) is 2. The van der Waals surface area contributed by atoms with Gasteiger partial charge in [-0.2, -0.15) is 0 Å². The molecule has 0 amide bonds. The second kappa shape index (κ2) is 8.59. The second-order valence-electron chi connectivity index (χ2n) is 7.73. The van der Waals surface area contributed by atoms with Gasteiger partial charge in [0.2, 0.25) is 9.84 Å². The summed E-state index contributed by atoms with van der Waals surface area (Å²) in [5.41, 5.74) is 1.19. The van der Waals surface area contributed by atoms with Gasteiger partial charge in [-0.05, 0) is 67.0 Å². The molecule has 0 radical (unpaired) electrons. The summed E-state index contributed by atoms with van der Waals surface area (Å²) in [5, 5.41) is 3.46. The zero-order valence-corrected chi connectivity index (χ0v) is 18.8. The molecule has 1 aliphatic heterocycles. The average Bonchev–Trinajstić information content (AvgIpc) is 2.58. The van der Waals surface area contributed by atoms with Gasteiger partial charge < -0.3 is 10.2 Å². The molecule has 0 aromatic heterocycles.